The molecule has 0 aliphatic heterocycles. The molecule has 1 aromatic carbocycles. The summed E-state index contributed by atoms with van der Waals surface area (Å²) in [5.41, 5.74) is 0.969. The second-order valence-electron chi connectivity index (χ2n) is 2.50. The van der Waals surface area contributed by atoms with Gasteiger partial charge in [0.1, 0.15) is 0 Å². The molecule has 0 fully saturated rings. The number of aliphatic carboxylic acids is 1. The Morgan fingerprint density at radius 2 is 2.29 bits per heavy atom. The minimum atomic E-state index is -1.28. The van der Waals surface area contributed by atoms with Gasteiger partial charge in [-0.05, 0) is 29.8 Å². The fraction of sp³-hybridized carbons (Fsp3) is 0. The largest absolute Gasteiger partial charge is 0.545 e. The number of nitriles is 1. The number of hydrogen-bond donors (Lipinski definition) is 0. The van der Waals surface area contributed by atoms with Crippen molar-refractivity contribution in [3.05, 3.63) is 39.9 Å². The molecule has 70 valence electrons. The molecule has 4 heteroatoms. The van der Waals surface area contributed by atoms with Gasteiger partial charge in [-0.3, -0.25) is 0 Å². The zero-order valence-electron chi connectivity index (χ0n) is 7.03. The highest BCUT2D eigenvalue weighted by molar-refractivity contribution is 9.10. The maximum atomic E-state index is 10.2. The van der Waals surface area contributed by atoms with Crippen LogP contribution in [-0.2, 0) is 4.79 Å². The Kier molecular flexibility index (Phi) is 3.43. The summed E-state index contributed by atoms with van der Waals surface area (Å²) in [7, 11) is 0. The third-order valence-corrected chi connectivity index (χ3v) is 2.03. The first-order valence-corrected chi connectivity index (χ1v) is 4.51. The zero-order valence-corrected chi connectivity index (χ0v) is 8.61. The van der Waals surface area contributed by atoms with Crippen molar-refractivity contribution < 1.29 is 9.90 Å². The van der Waals surface area contributed by atoms with E-state index in [2.05, 4.69) is 15.9 Å². The van der Waals surface area contributed by atoms with E-state index in [0.29, 0.717) is 11.1 Å². The smallest absolute Gasteiger partial charge is 0.0997 e. The van der Waals surface area contributed by atoms with Crippen LogP contribution in [0.3, 0.4) is 0 Å². The van der Waals surface area contributed by atoms with Crippen LogP contribution in [0.2, 0.25) is 0 Å². The summed E-state index contributed by atoms with van der Waals surface area (Å²) in [5.74, 6) is -1.28. The van der Waals surface area contributed by atoms with Gasteiger partial charge in [-0.25, -0.2) is 0 Å². The second-order valence-corrected chi connectivity index (χ2v) is 3.41. The summed E-state index contributed by atoms with van der Waals surface area (Å²) >= 11 is 3.23. The highest BCUT2D eigenvalue weighted by Gasteiger charge is 1.98. The maximum Gasteiger partial charge on any atom is 0.0997 e. The van der Waals surface area contributed by atoms with Crippen LogP contribution in [0.5, 0.6) is 0 Å². The van der Waals surface area contributed by atoms with E-state index in [1.807, 2.05) is 6.07 Å². The van der Waals surface area contributed by atoms with Crippen molar-refractivity contribution in [3.8, 4) is 6.07 Å². The van der Waals surface area contributed by atoms with Gasteiger partial charge in [0.25, 0.3) is 0 Å². The Balaban J connectivity index is 3.13. The third kappa shape index (κ3) is 2.71. The van der Waals surface area contributed by atoms with Crippen LogP contribution in [0.15, 0.2) is 28.7 Å². The summed E-state index contributed by atoms with van der Waals surface area (Å²) in [6.45, 7) is 0. The SMILES string of the molecule is N#Cc1ccc(Br)cc1/C=C/C(=O)[O-]. The van der Waals surface area contributed by atoms with Crippen molar-refractivity contribution in [3.63, 3.8) is 0 Å². The molecule has 0 aliphatic carbocycles. The Morgan fingerprint density at radius 3 is 2.86 bits per heavy atom. The van der Waals surface area contributed by atoms with E-state index < -0.39 is 5.97 Å². The number of carboxylic acids is 1. The first-order valence-electron chi connectivity index (χ1n) is 3.72. The van der Waals surface area contributed by atoms with Gasteiger partial charge >= 0.3 is 0 Å². The lowest BCUT2D eigenvalue weighted by Gasteiger charge is -1.98. The van der Waals surface area contributed by atoms with Gasteiger partial charge < -0.3 is 9.90 Å². The summed E-state index contributed by atoms with van der Waals surface area (Å²) in [5, 5.41) is 18.9. The molecule has 0 aliphatic rings. The standard InChI is InChI=1S/C10H6BrNO2/c11-9-3-1-8(6-12)7(5-9)2-4-10(13)14/h1-5H,(H,13,14)/p-1/b4-2+. The quantitative estimate of drug-likeness (QED) is 0.739. The lowest BCUT2D eigenvalue weighted by atomic mass is 10.1. The number of carboxylic acid groups (broad SMARTS) is 1. The minimum Gasteiger partial charge on any atom is -0.545 e. The molecule has 3 nitrogen and oxygen atoms in total. The molecule has 0 bridgehead atoms. The van der Waals surface area contributed by atoms with E-state index in [1.165, 1.54) is 6.08 Å². The van der Waals surface area contributed by atoms with Crippen LogP contribution in [0.1, 0.15) is 11.1 Å². The first-order chi connectivity index (χ1) is 6.63. The van der Waals surface area contributed by atoms with E-state index >= 15 is 0 Å². The van der Waals surface area contributed by atoms with Gasteiger partial charge in [0, 0.05) is 4.47 Å². The lowest BCUT2D eigenvalue weighted by molar-refractivity contribution is -0.297. The summed E-state index contributed by atoms with van der Waals surface area (Å²) in [6, 6.07) is 6.95. The molecular weight excluding hydrogens is 246 g/mol. The summed E-state index contributed by atoms with van der Waals surface area (Å²) in [4.78, 5) is 10.2. The molecule has 0 saturated heterocycles. The Labute approximate surface area is 89.4 Å². The third-order valence-electron chi connectivity index (χ3n) is 1.53. The highest BCUT2D eigenvalue weighted by atomic mass is 79.9. The number of nitrogens with zero attached hydrogens (tertiary/aromatic N) is 1. The van der Waals surface area contributed by atoms with Crippen molar-refractivity contribution in [1.82, 2.24) is 0 Å². The number of halogens is 1. The molecule has 0 aromatic heterocycles. The molecule has 14 heavy (non-hydrogen) atoms. The Hall–Kier alpha value is -1.60. The zero-order chi connectivity index (χ0) is 10.6. The molecule has 0 N–H and O–H groups in total. The topological polar surface area (TPSA) is 63.9 Å². The lowest BCUT2D eigenvalue weighted by Crippen LogP contribution is -2.18. The van der Waals surface area contributed by atoms with E-state index in [1.54, 1.807) is 18.2 Å². The maximum absolute atomic E-state index is 10.2. The molecule has 1 rings (SSSR count). The van der Waals surface area contributed by atoms with E-state index in [0.717, 1.165) is 10.5 Å². The number of carbonyl (C=O) groups is 1. The van der Waals surface area contributed by atoms with Gasteiger partial charge in [-0.2, -0.15) is 5.26 Å². The Bertz CT molecular complexity index is 432. The number of carbonyl (C=O) groups excluding carboxylic acids is 1. The number of hydrogen-bond acceptors (Lipinski definition) is 3. The van der Waals surface area contributed by atoms with Crippen LogP contribution in [0.4, 0.5) is 0 Å². The molecule has 1 aromatic rings. The van der Waals surface area contributed by atoms with Crippen molar-refractivity contribution >= 4 is 28.0 Å². The number of benzene rings is 1. The van der Waals surface area contributed by atoms with Crippen LogP contribution in [0, 0.1) is 11.3 Å². The average molecular weight is 251 g/mol. The van der Waals surface area contributed by atoms with Gasteiger partial charge in [0.05, 0.1) is 17.6 Å². The fourth-order valence-corrected chi connectivity index (χ4v) is 1.31. The average Bonchev–Trinajstić information content (AvgIpc) is 2.15. The van der Waals surface area contributed by atoms with Gasteiger partial charge in [-0.15, -0.1) is 0 Å². The normalized spacial score (nSPS) is 10.0. The van der Waals surface area contributed by atoms with E-state index in [4.69, 9.17) is 5.26 Å². The van der Waals surface area contributed by atoms with Crippen LogP contribution < -0.4 is 5.11 Å². The van der Waals surface area contributed by atoms with Crippen LogP contribution in [-0.4, -0.2) is 5.97 Å². The number of rotatable bonds is 2. The van der Waals surface area contributed by atoms with Gasteiger partial charge in [0.15, 0.2) is 0 Å². The molecule has 0 saturated carbocycles. The molecule has 0 radical (unpaired) electrons. The van der Waals surface area contributed by atoms with Crippen molar-refractivity contribution in [1.29, 1.82) is 5.26 Å². The van der Waals surface area contributed by atoms with Gasteiger partial charge in [-0.1, -0.05) is 22.0 Å². The van der Waals surface area contributed by atoms with Crippen molar-refractivity contribution in [2.45, 2.75) is 0 Å². The van der Waals surface area contributed by atoms with Gasteiger partial charge in [0.2, 0.25) is 0 Å². The van der Waals surface area contributed by atoms with Crippen LogP contribution >= 0.6 is 15.9 Å². The summed E-state index contributed by atoms with van der Waals surface area (Å²) < 4.78 is 0.787. The minimum absolute atomic E-state index is 0.422. The van der Waals surface area contributed by atoms with E-state index in [9.17, 15) is 9.90 Å². The Morgan fingerprint density at radius 1 is 1.57 bits per heavy atom. The highest BCUT2D eigenvalue weighted by Crippen LogP contribution is 2.17. The monoisotopic (exact) mass is 250 g/mol. The van der Waals surface area contributed by atoms with E-state index in [-0.39, 0.29) is 0 Å². The predicted octanol–water partition coefficient (Wildman–Crippen LogP) is 1.08. The molecule has 0 unspecified atom stereocenters. The van der Waals surface area contributed by atoms with Crippen molar-refractivity contribution in [2.24, 2.45) is 0 Å². The predicted molar refractivity (Wildman–Crippen MR) is 52.9 cm³/mol. The summed E-state index contributed by atoms with van der Waals surface area (Å²) in [6.07, 6.45) is 2.22. The molecule has 0 atom stereocenters. The fourth-order valence-electron chi connectivity index (χ4n) is 0.931. The molecular formula is C10H5BrNO2-. The second kappa shape index (κ2) is 4.58. The molecule has 0 spiro atoms. The van der Waals surface area contributed by atoms with Crippen LogP contribution in [0.25, 0.3) is 6.08 Å². The molecule has 0 amide bonds. The first kappa shape index (κ1) is 10.5. The molecule has 0 heterocycles. The van der Waals surface area contributed by atoms with Crippen molar-refractivity contribution in [2.75, 3.05) is 0 Å².